The summed E-state index contributed by atoms with van der Waals surface area (Å²) in [6.07, 6.45) is -0.761. The standard InChI is InChI=1S/C8H16O2/c1-2-3-4-5-6-7-8(9)10/h2-7H2,1H3,(H,9,10)/i1D3,2D2. The molecule has 2 heteroatoms. The average Bonchev–Trinajstić information content (AvgIpc) is 2.00. The molecule has 0 heterocycles. The zero-order valence-electron chi connectivity index (χ0n) is 10.9. The quantitative estimate of drug-likeness (QED) is 0.589. The van der Waals surface area contributed by atoms with Gasteiger partial charge in [0.2, 0.25) is 0 Å². The molecule has 0 spiro atoms. The SMILES string of the molecule is [2H]C([2H])([2H])C([2H])([2H])CCCCCC(=O)O. The Bertz CT molecular complexity index is 212. The van der Waals surface area contributed by atoms with Crippen molar-refractivity contribution in [2.24, 2.45) is 0 Å². The van der Waals surface area contributed by atoms with Crippen molar-refractivity contribution < 1.29 is 16.8 Å². The van der Waals surface area contributed by atoms with Crippen LogP contribution in [0.2, 0.25) is 0 Å². The first-order valence-corrected chi connectivity index (χ1v) is 3.38. The molecule has 2 nitrogen and oxygen atoms in total. The van der Waals surface area contributed by atoms with Crippen molar-refractivity contribution in [2.75, 3.05) is 0 Å². The van der Waals surface area contributed by atoms with E-state index in [-0.39, 0.29) is 12.8 Å². The maximum absolute atomic E-state index is 10.2. The Labute approximate surface area is 69.3 Å². The first kappa shape index (κ1) is 3.74. The van der Waals surface area contributed by atoms with Crippen molar-refractivity contribution in [2.45, 2.75) is 45.3 Å². The van der Waals surface area contributed by atoms with E-state index in [0.29, 0.717) is 19.3 Å². The third kappa shape index (κ3) is 7.47. The van der Waals surface area contributed by atoms with Gasteiger partial charge in [-0.2, -0.15) is 0 Å². The van der Waals surface area contributed by atoms with Crippen molar-refractivity contribution in [3.63, 3.8) is 0 Å². The summed E-state index contributed by atoms with van der Waals surface area (Å²) < 4.78 is 35.4. The van der Waals surface area contributed by atoms with E-state index in [1.807, 2.05) is 0 Å². The molecule has 0 saturated heterocycles. The third-order valence-corrected chi connectivity index (χ3v) is 1.19. The van der Waals surface area contributed by atoms with Crippen LogP contribution in [0, 0.1) is 0 Å². The van der Waals surface area contributed by atoms with Crippen LogP contribution in [0.5, 0.6) is 0 Å². The minimum atomic E-state index is -2.60. The number of rotatable bonds is 6. The van der Waals surface area contributed by atoms with E-state index in [0.717, 1.165) is 0 Å². The second-order valence-electron chi connectivity index (χ2n) is 2.13. The van der Waals surface area contributed by atoms with Crippen LogP contribution in [0.3, 0.4) is 0 Å². The predicted molar refractivity (Wildman–Crippen MR) is 41.0 cm³/mol. The Morgan fingerprint density at radius 1 is 1.50 bits per heavy atom. The Balaban J connectivity index is 3.72. The number of carboxylic acid groups (broad SMARTS) is 1. The Hall–Kier alpha value is -0.530. The van der Waals surface area contributed by atoms with Crippen LogP contribution < -0.4 is 0 Å². The van der Waals surface area contributed by atoms with Crippen LogP contribution in [0.4, 0.5) is 0 Å². The van der Waals surface area contributed by atoms with Crippen LogP contribution >= 0.6 is 0 Å². The van der Waals surface area contributed by atoms with Gasteiger partial charge in [0.05, 0.1) is 0 Å². The molecular formula is C8H16O2. The van der Waals surface area contributed by atoms with Crippen molar-refractivity contribution >= 4 is 5.97 Å². The first-order chi connectivity index (χ1) is 6.67. The molecule has 0 amide bonds. The molecule has 0 bridgehead atoms. The van der Waals surface area contributed by atoms with Crippen molar-refractivity contribution in [3.8, 4) is 0 Å². The lowest BCUT2D eigenvalue weighted by molar-refractivity contribution is -0.137. The van der Waals surface area contributed by atoms with Gasteiger partial charge in [-0.3, -0.25) is 4.79 Å². The fourth-order valence-corrected chi connectivity index (χ4v) is 0.666. The molecule has 0 aromatic heterocycles. The number of carbonyl (C=O) groups is 1. The van der Waals surface area contributed by atoms with Gasteiger partial charge in [-0.25, -0.2) is 0 Å². The molecule has 0 atom stereocenters. The summed E-state index contributed by atoms with van der Waals surface area (Å²) in [6.45, 7) is -2.60. The number of aliphatic carboxylic acids is 1. The number of hydrogen-bond donors (Lipinski definition) is 1. The molecule has 0 aliphatic carbocycles. The van der Waals surface area contributed by atoms with E-state index in [1.165, 1.54) is 0 Å². The summed E-state index contributed by atoms with van der Waals surface area (Å²) in [5.41, 5.74) is 0. The minimum absolute atomic E-state index is 0.0523. The lowest BCUT2D eigenvalue weighted by Gasteiger charge is -1.95. The summed E-state index contributed by atoms with van der Waals surface area (Å²) in [4.78, 5) is 10.2. The van der Waals surface area contributed by atoms with E-state index >= 15 is 0 Å². The Morgan fingerprint density at radius 3 is 2.80 bits per heavy atom. The molecule has 0 aromatic rings. The van der Waals surface area contributed by atoms with Crippen molar-refractivity contribution in [3.05, 3.63) is 0 Å². The second-order valence-corrected chi connectivity index (χ2v) is 2.13. The largest absolute Gasteiger partial charge is 0.481 e. The van der Waals surface area contributed by atoms with Crippen molar-refractivity contribution in [1.82, 2.24) is 0 Å². The molecule has 0 aliphatic heterocycles. The van der Waals surface area contributed by atoms with E-state index in [9.17, 15) is 4.79 Å². The zero-order chi connectivity index (χ0) is 12.1. The summed E-state index contributed by atoms with van der Waals surface area (Å²) >= 11 is 0. The van der Waals surface area contributed by atoms with Gasteiger partial charge >= 0.3 is 5.97 Å². The monoisotopic (exact) mass is 149 g/mol. The first-order valence-electron chi connectivity index (χ1n) is 5.88. The van der Waals surface area contributed by atoms with Gasteiger partial charge in [-0.1, -0.05) is 32.5 Å². The molecule has 1 N–H and O–H groups in total. The highest BCUT2D eigenvalue weighted by Crippen LogP contribution is 2.04. The number of unbranched alkanes of at least 4 members (excludes halogenated alkanes) is 2. The molecule has 0 unspecified atom stereocenters. The normalized spacial score (nSPS) is 19.8. The average molecular weight is 149 g/mol. The van der Waals surface area contributed by atoms with E-state index in [4.69, 9.17) is 12.0 Å². The smallest absolute Gasteiger partial charge is 0.303 e. The van der Waals surface area contributed by atoms with E-state index in [2.05, 4.69) is 0 Å². The Morgan fingerprint density at radius 2 is 2.20 bits per heavy atom. The molecule has 60 valence electrons. The lowest BCUT2D eigenvalue weighted by atomic mass is 10.1. The van der Waals surface area contributed by atoms with Gasteiger partial charge in [0, 0.05) is 13.3 Å². The van der Waals surface area contributed by atoms with Crippen LogP contribution in [0.1, 0.15) is 52.2 Å². The van der Waals surface area contributed by atoms with Gasteiger partial charge in [0.15, 0.2) is 0 Å². The van der Waals surface area contributed by atoms with Crippen molar-refractivity contribution in [1.29, 1.82) is 0 Å². The third-order valence-electron chi connectivity index (χ3n) is 1.19. The zero-order valence-corrected chi connectivity index (χ0v) is 5.89. The highest BCUT2D eigenvalue weighted by molar-refractivity contribution is 5.66. The van der Waals surface area contributed by atoms with E-state index in [1.54, 1.807) is 0 Å². The maximum Gasteiger partial charge on any atom is 0.303 e. The highest BCUT2D eigenvalue weighted by atomic mass is 16.4. The molecule has 0 saturated carbocycles. The molecule has 0 radical (unpaired) electrons. The van der Waals surface area contributed by atoms with Crippen LogP contribution in [-0.4, -0.2) is 11.1 Å². The summed E-state index contributed by atoms with van der Waals surface area (Å²) in [6, 6.07) is 0. The molecule has 0 rings (SSSR count). The topological polar surface area (TPSA) is 37.3 Å². The number of carboxylic acids is 1. The lowest BCUT2D eigenvalue weighted by Crippen LogP contribution is -1.93. The molecular weight excluding hydrogens is 128 g/mol. The molecule has 0 aliphatic rings. The summed E-state index contributed by atoms with van der Waals surface area (Å²) in [5.74, 6) is -0.881. The number of hydrogen-bond acceptors (Lipinski definition) is 1. The summed E-state index contributed by atoms with van der Waals surface area (Å²) in [7, 11) is 0. The minimum Gasteiger partial charge on any atom is -0.481 e. The van der Waals surface area contributed by atoms with Crippen LogP contribution in [0.25, 0.3) is 0 Å². The molecule has 0 aromatic carbocycles. The van der Waals surface area contributed by atoms with E-state index < -0.39 is 19.2 Å². The fourth-order valence-electron chi connectivity index (χ4n) is 0.666. The molecule has 10 heavy (non-hydrogen) atoms. The van der Waals surface area contributed by atoms with Gasteiger partial charge in [-0.05, 0) is 6.42 Å². The second kappa shape index (κ2) is 6.59. The van der Waals surface area contributed by atoms with Crippen LogP contribution in [0.15, 0.2) is 0 Å². The van der Waals surface area contributed by atoms with Gasteiger partial charge < -0.3 is 5.11 Å². The van der Waals surface area contributed by atoms with Crippen LogP contribution in [-0.2, 0) is 4.79 Å². The Kier molecular flexibility index (Phi) is 2.47. The van der Waals surface area contributed by atoms with Gasteiger partial charge in [0.1, 0.15) is 0 Å². The maximum atomic E-state index is 10.2. The predicted octanol–water partition coefficient (Wildman–Crippen LogP) is 2.43. The fraction of sp³-hybridized carbons (Fsp3) is 0.875. The van der Waals surface area contributed by atoms with Gasteiger partial charge in [0.25, 0.3) is 0 Å². The van der Waals surface area contributed by atoms with Gasteiger partial charge in [-0.15, -0.1) is 0 Å². The highest BCUT2D eigenvalue weighted by Gasteiger charge is 1.94. The molecule has 0 fully saturated rings. The summed E-state index contributed by atoms with van der Waals surface area (Å²) in [5, 5.41) is 8.34.